The molecule has 5 heteroatoms. The monoisotopic (exact) mass is 212 g/mol. The molecule has 0 saturated carbocycles. The Hall–Kier alpha value is -1.10. The fourth-order valence-corrected chi connectivity index (χ4v) is 2.74. The molecular weight excluding hydrogens is 200 g/mol. The molecule has 0 amide bonds. The molecule has 14 heavy (non-hydrogen) atoms. The number of pyridine rings is 1. The van der Waals surface area contributed by atoms with Crippen molar-refractivity contribution in [2.24, 2.45) is 4.36 Å². The van der Waals surface area contributed by atoms with Crippen molar-refractivity contribution >= 4 is 15.4 Å². The molecule has 2 rings (SSSR count). The van der Waals surface area contributed by atoms with Gasteiger partial charge in [-0.25, -0.2) is 4.21 Å². The average Bonchev–Trinajstić information content (AvgIpc) is 2.16. The first-order valence-electron chi connectivity index (χ1n) is 4.44. The molecule has 4 nitrogen and oxygen atoms in total. The molecule has 1 fully saturated rings. The van der Waals surface area contributed by atoms with Gasteiger partial charge in [0.25, 0.3) is 0 Å². The van der Waals surface area contributed by atoms with Crippen molar-refractivity contribution in [3.05, 3.63) is 18.5 Å². The van der Waals surface area contributed by atoms with Gasteiger partial charge in [-0.2, -0.15) is 4.36 Å². The van der Waals surface area contributed by atoms with Crippen LogP contribution in [0, 0.1) is 0 Å². The first-order chi connectivity index (χ1) is 6.73. The number of aromatic nitrogens is 1. The van der Waals surface area contributed by atoms with Crippen LogP contribution >= 0.6 is 0 Å². The quantitative estimate of drug-likeness (QED) is 0.748. The van der Waals surface area contributed by atoms with Crippen molar-refractivity contribution in [3.8, 4) is 5.75 Å². The number of ether oxygens (including phenoxy) is 1. The maximum atomic E-state index is 11.8. The highest BCUT2D eigenvalue weighted by Crippen LogP contribution is 2.29. The second kappa shape index (κ2) is 3.57. The summed E-state index contributed by atoms with van der Waals surface area (Å²) in [5.74, 6) is 2.00. The molecule has 1 aromatic heterocycles. The molecule has 0 bridgehead atoms. The molecule has 1 aromatic rings. The molecule has 0 spiro atoms. The van der Waals surface area contributed by atoms with Gasteiger partial charge in [-0.05, 0) is 12.5 Å². The van der Waals surface area contributed by atoms with Crippen molar-refractivity contribution in [3.63, 3.8) is 0 Å². The standard InChI is InChI=1S/C9H12N2O2S/c1-13-9-7-10-4-3-8(9)11-14(12)5-2-6-14/h3-4,7H,2,5-6H2,1H3. The molecule has 76 valence electrons. The highest BCUT2D eigenvalue weighted by molar-refractivity contribution is 7.95. The van der Waals surface area contributed by atoms with Gasteiger partial charge in [-0.15, -0.1) is 0 Å². The van der Waals surface area contributed by atoms with E-state index >= 15 is 0 Å². The fraction of sp³-hybridized carbons (Fsp3) is 0.444. The Balaban J connectivity index is 2.42. The first kappa shape index (κ1) is 9.45. The van der Waals surface area contributed by atoms with Gasteiger partial charge in [0, 0.05) is 17.7 Å². The zero-order valence-corrected chi connectivity index (χ0v) is 8.79. The summed E-state index contributed by atoms with van der Waals surface area (Å²) in [6.07, 6.45) is 4.22. The Labute approximate surface area is 83.5 Å². The van der Waals surface area contributed by atoms with Crippen molar-refractivity contribution in [2.75, 3.05) is 18.6 Å². The summed E-state index contributed by atoms with van der Waals surface area (Å²) < 4.78 is 21.1. The Morgan fingerprint density at radius 3 is 2.93 bits per heavy atom. The molecule has 0 atom stereocenters. The lowest BCUT2D eigenvalue weighted by Gasteiger charge is -2.18. The van der Waals surface area contributed by atoms with Crippen LogP contribution in [0.15, 0.2) is 22.8 Å². The predicted octanol–water partition coefficient (Wildman–Crippen LogP) is 1.59. The van der Waals surface area contributed by atoms with E-state index in [1.54, 1.807) is 25.6 Å². The van der Waals surface area contributed by atoms with Crippen LogP contribution in [0.1, 0.15) is 6.42 Å². The molecule has 0 aliphatic carbocycles. The number of hydrogen-bond donors (Lipinski definition) is 0. The smallest absolute Gasteiger partial charge is 0.163 e. The number of hydrogen-bond acceptors (Lipinski definition) is 4. The predicted molar refractivity (Wildman–Crippen MR) is 55.4 cm³/mol. The fourth-order valence-electron chi connectivity index (χ4n) is 1.27. The molecule has 0 N–H and O–H groups in total. The molecule has 1 saturated heterocycles. The van der Waals surface area contributed by atoms with E-state index in [4.69, 9.17) is 4.74 Å². The highest BCUT2D eigenvalue weighted by atomic mass is 32.2. The van der Waals surface area contributed by atoms with E-state index in [9.17, 15) is 4.21 Å². The molecular formula is C9H12N2O2S. The normalized spacial score (nSPS) is 18.4. The summed E-state index contributed by atoms with van der Waals surface area (Å²) in [4.78, 5) is 3.91. The lowest BCUT2D eigenvalue weighted by atomic mass is 10.4. The summed E-state index contributed by atoms with van der Waals surface area (Å²) >= 11 is 0. The van der Waals surface area contributed by atoms with Crippen LogP contribution in [-0.2, 0) is 9.73 Å². The molecule has 0 aromatic carbocycles. The SMILES string of the molecule is COc1cnccc1N=S1(=O)CCC1. The minimum atomic E-state index is -1.96. The lowest BCUT2D eigenvalue weighted by Crippen LogP contribution is -2.23. The summed E-state index contributed by atoms with van der Waals surface area (Å²) in [6, 6.07) is 1.73. The third-order valence-corrected chi connectivity index (χ3v) is 4.56. The summed E-state index contributed by atoms with van der Waals surface area (Å²) in [5.41, 5.74) is 0.646. The van der Waals surface area contributed by atoms with Crippen molar-refractivity contribution in [2.45, 2.75) is 6.42 Å². The minimum absolute atomic E-state index is 0.585. The van der Waals surface area contributed by atoms with Gasteiger partial charge in [0.2, 0.25) is 0 Å². The third kappa shape index (κ3) is 1.72. The van der Waals surface area contributed by atoms with E-state index in [0.717, 1.165) is 6.42 Å². The van der Waals surface area contributed by atoms with Crippen LogP contribution in [-0.4, -0.2) is 27.8 Å². The van der Waals surface area contributed by atoms with Gasteiger partial charge in [0.15, 0.2) is 5.75 Å². The van der Waals surface area contributed by atoms with E-state index in [0.29, 0.717) is 22.9 Å². The van der Waals surface area contributed by atoms with Gasteiger partial charge >= 0.3 is 0 Å². The third-order valence-electron chi connectivity index (χ3n) is 2.17. The molecule has 1 aliphatic rings. The van der Waals surface area contributed by atoms with E-state index in [2.05, 4.69) is 9.35 Å². The van der Waals surface area contributed by atoms with Crippen LogP contribution in [0.2, 0.25) is 0 Å². The number of nitrogens with zero attached hydrogens (tertiary/aromatic N) is 2. The Bertz CT molecular complexity index is 440. The first-order valence-corrected chi connectivity index (χ1v) is 6.29. The second-order valence-electron chi connectivity index (χ2n) is 3.17. The van der Waals surface area contributed by atoms with E-state index in [1.165, 1.54) is 0 Å². The Morgan fingerprint density at radius 2 is 2.36 bits per heavy atom. The van der Waals surface area contributed by atoms with Crippen LogP contribution in [0.3, 0.4) is 0 Å². The molecule has 1 aliphatic heterocycles. The van der Waals surface area contributed by atoms with Crippen LogP contribution in [0.4, 0.5) is 5.69 Å². The van der Waals surface area contributed by atoms with Crippen LogP contribution in [0.25, 0.3) is 0 Å². The zero-order valence-electron chi connectivity index (χ0n) is 7.97. The average molecular weight is 212 g/mol. The highest BCUT2D eigenvalue weighted by Gasteiger charge is 2.19. The molecule has 2 heterocycles. The van der Waals surface area contributed by atoms with Crippen LogP contribution in [0.5, 0.6) is 5.75 Å². The van der Waals surface area contributed by atoms with Gasteiger partial charge < -0.3 is 4.74 Å². The Kier molecular flexibility index (Phi) is 2.41. The second-order valence-corrected chi connectivity index (χ2v) is 5.72. The van der Waals surface area contributed by atoms with Crippen molar-refractivity contribution < 1.29 is 8.95 Å². The number of methoxy groups -OCH3 is 1. The van der Waals surface area contributed by atoms with Crippen molar-refractivity contribution in [1.82, 2.24) is 4.98 Å². The van der Waals surface area contributed by atoms with Gasteiger partial charge in [-0.1, -0.05) is 0 Å². The minimum Gasteiger partial charge on any atom is -0.493 e. The van der Waals surface area contributed by atoms with E-state index in [1.807, 2.05) is 0 Å². The maximum absolute atomic E-state index is 11.8. The van der Waals surface area contributed by atoms with Gasteiger partial charge in [-0.3, -0.25) is 4.98 Å². The summed E-state index contributed by atoms with van der Waals surface area (Å²) in [6.45, 7) is 0. The van der Waals surface area contributed by atoms with Crippen molar-refractivity contribution in [1.29, 1.82) is 0 Å². The topological polar surface area (TPSA) is 51.6 Å². The largest absolute Gasteiger partial charge is 0.493 e. The summed E-state index contributed by atoms with van der Waals surface area (Å²) in [7, 11) is -0.398. The molecule has 0 radical (unpaired) electrons. The molecule has 0 unspecified atom stereocenters. The number of rotatable bonds is 2. The summed E-state index contributed by atoms with van der Waals surface area (Å²) in [5, 5.41) is 0. The maximum Gasteiger partial charge on any atom is 0.163 e. The van der Waals surface area contributed by atoms with E-state index < -0.39 is 9.73 Å². The van der Waals surface area contributed by atoms with Crippen LogP contribution < -0.4 is 4.74 Å². The van der Waals surface area contributed by atoms with Gasteiger partial charge in [0.05, 0.1) is 23.0 Å². The van der Waals surface area contributed by atoms with E-state index in [-0.39, 0.29) is 0 Å². The van der Waals surface area contributed by atoms with Gasteiger partial charge in [0.1, 0.15) is 5.69 Å². The Morgan fingerprint density at radius 1 is 1.57 bits per heavy atom. The zero-order chi connectivity index (χ0) is 10.0. The lowest BCUT2D eigenvalue weighted by molar-refractivity contribution is 0.414.